The third kappa shape index (κ3) is 4.26. The molecule has 0 bridgehead atoms. The smallest absolute Gasteiger partial charge is 0.341 e. The van der Waals surface area contributed by atoms with Gasteiger partial charge in [0.25, 0.3) is 5.69 Å². The predicted molar refractivity (Wildman–Crippen MR) is 101 cm³/mol. The zero-order valence-electron chi connectivity index (χ0n) is 15.6. The summed E-state index contributed by atoms with van der Waals surface area (Å²) in [5, 5.41) is 11.4. The van der Waals surface area contributed by atoms with E-state index in [9.17, 15) is 27.3 Å². The maximum atomic E-state index is 12.8. The van der Waals surface area contributed by atoms with Gasteiger partial charge in [-0.1, -0.05) is 0 Å². The highest BCUT2D eigenvalue weighted by Crippen LogP contribution is 2.33. The van der Waals surface area contributed by atoms with Crippen molar-refractivity contribution >= 4 is 21.2 Å². The van der Waals surface area contributed by atoms with Crippen LogP contribution in [0.5, 0.6) is 0 Å². The standard InChI is InChI=1S/C17H24F2N4O4S/c1-20-6-2-3-13(12-20)21-7-9-22(10-8-21)15-5-4-14(11-16(15)23(24)25)28(26,27)17(18)19/h4-5,11,13,17H,2-3,6-10,12H2,1H3. The number of sulfone groups is 1. The van der Waals surface area contributed by atoms with Crippen LogP contribution in [0.2, 0.25) is 0 Å². The van der Waals surface area contributed by atoms with Crippen molar-refractivity contribution in [2.24, 2.45) is 0 Å². The number of nitro benzene ring substituents is 1. The molecular weight excluding hydrogens is 394 g/mol. The topological polar surface area (TPSA) is 87.0 Å². The Hall–Kier alpha value is -1.85. The maximum absolute atomic E-state index is 12.8. The van der Waals surface area contributed by atoms with Crippen molar-refractivity contribution in [3.05, 3.63) is 28.3 Å². The lowest BCUT2D eigenvalue weighted by atomic mass is 10.0. The molecule has 1 unspecified atom stereocenters. The second-order valence-electron chi connectivity index (χ2n) is 7.29. The fourth-order valence-corrected chi connectivity index (χ4v) is 4.70. The molecule has 0 amide bonds. The largest absolute Gasteiger partial charge is 0.363 e. The molecule has 2 saturated heterocycles. The van der Waals surface area contributed by atoms with Crippen molar-refractivity contribution in [2.75, 3.05) is 51.2 Å². The first-order valence-corrected chi connectivity index (χ1v) is 10.7. The van der Waals surface area contributed by atoms with Crippen LogP contribution in [0.15, 0.2) is 23.1 Å². The molecule has 156 valence electrons. The number of rotatable bonds is 5. The summed E-state index contributed by atoms with van der Waals surface area (Å²) in [6, 6.07) is 3.48. The minimum absolute atomic E-state index is 0.263. The molecule has 1 aromatic rings. The molecule has 11 heteroatoms. The molecule has 3 rings (SSSR count). The Balaban J connectivity index is 1.76. The van der Waals surface area contributed by atoms with Crippen molar-refractivity contribution in [2.45, 2.75) is 29.5 Å². The average molecular weight is 418 g/mol. The Kier molecular flexibility index (Phi) is 6.15. The van der Waals surface area contributed by atoms with Crippen LogP contribution in [0.3, 0.4) is 0 Å². The van der Waals surface area contributed by atoms with Crippen LogP contribution in [0.1, 0.15) is 12.8 Å². The Bertz CT molecular complexity index is 828. The van der Waals surface area contributed by atoms with E-state index < -0.39 is 31.1 Å². The number of nitro groups is 1. The molecule has 28 heavy (non-hydrogen) atoms. The van der Waals surface area contributed by atoms with Gasteiger partial charge in [0.05, 0.1) is 9.82 Å². The number of likely N-dealkylation sites (tertiary alicyclic amines) is 1. The van der Waals surface area contributed by atoms with Crippen LogP contribution in [-0.2, 0) is 9.84 Å². The predicted octanol–water partition coefficient (Wildman–Crippen LogP) is 1.81. The summed E-state index contributed by atoms with van der Waals surface area (Å²) in [6.45, 7) is 4.69. The Morgan fingerprint density at radius 3 is 2.43 bits per heavy atom. The molecule has 1 atom stereocenters. The summed E-state index contributed by atoms with van der Waals surface area (Å²) in [5.41, 5.74) is -0.203. The van der Waals surface area contributed by atoms with Gasteiger partial charge >= 0.3 is 5.76 Å². The number of anilines is 1. The summed E-state index contributed by atoms with van der Waals surface area (Å²) in [4.78, 5) is 16.5. The molecule has 0 N–H and O–H groups in total. The Morgan fingerprint density at radius 1 is 1.18 bits per heavy atom. The molecule has 0 aliphatic carbocycles. The average Bonchev–Trinajstić information content (AvgIpc) is 2.67. The third-order valence-electron chi connectivity index (χ3n) is 5.48. The van der Waals surface area contributed by atoms with Crippen molar-refractivity contribution in [1.29, 1.82) is 0 Å². The van der Waals surface area contributed by atoms with Gasteiger partial charge in [-0.25, -0.2) is 8.42 Å². The molecule has 1 aromatic carbocycles. The molecule has 0 radical (unpaired) electrons. The summed E-state index contributed by atoms with van der Waals surface area (Å²) >= 11 is 0. The second kappa shape index (κ2) is 8.26. The van der Waals surface area contributed by atoms with Gasteiger partial charge in [-0.05, 0) is 38.6 Å². The number of piperazine rings is 1. The van der Waals surface area contributed by atoms with Gasteiger partial charge in [-0.2, -0.15) is 8.78 Å². The zero-order valence-corrected chi connectivity index (χ0v) is 16.4. The van der Waals surface area contributed by atoms with Crippen LogP contribution in [0, 0.1) is 10.1 Å². The van der Waals surface area contributed by atoms with Gasteiger partial charge in [0.2, 0.25) is 9.84 Å². The minimum atomic E-state index is -4.88. The highest BCUT2D eigenvalue weighted by molar-refractivity contribution is 7.91. The molecule has 8 nitrogen and oxygen atoms in total. The van der Waals surface area contributed by atoms with Gasteiger partial charge in [0.15, 0.2) is 0 Å². The molecule has 0 spiro atoms. The lowest BCUT2D eigenvalue weighted by molar-refractivity contribution is -0.384. The van der Waals surface area contributed by atoms with Gasteiger partial charge in [0, 0.05) is 44.8 Å². The van der Waals surface area contributed by atoms with Gasteiger partial charge in [-0.3, -0.25) is 15.0 Å². The fraction of sp³-hybridized carbons (Fsp3) is 0.647. The van der Waals surface area contributed by atoms with E-state index in [1.165, 1.54) is 6.07 Å². The number of alkyl halides is 2. The number of halogens is 2. The van der Waals surface area contributed by atoms with E-state index in [-0.39, 0.29) is 5.69 Å². The van der Waals surface area contributed by atoms with E-state index in [4.69, 9.17) is 0 Å². The normalized spacial score (nSPS) is 22.6. The van der Waals surface area contributed by atoms with Crippen molar-refractivity contribution in [3.8, 4) is 0 Å². The molecule has 0 saturated carbocycles. The molecule has 2 aliphatic rings. The SMILES string of the molecule is CN1CCCC(N2CCN(c3ccc(S(=O)(=O)C(F)F)cc3[N+](=O)[O-])CC2)C1. The van der Waals surface area contributed by atoms with Gasteiger partial charge in [-0.15, -0.1) is 0 Å². The summed E-state index contributed by atoms with van der Waals surface area (Å²) in [6.07, 6.45) is 2.28. The number of hydrogen-bond acceptors (Lipinski definition) is 7. The van der Waals surface area contributed by atoms with E-state index in [1.54, 1.807) is 0 Å². The van der Waals surface area contributed by atoms with Gasteiger partial charge in [0.1, 0.15) is 5.69 Å². The van der Waals surface area contributed by atoms with Crippen molar-refractivity contribution < 1.29 is 22.1 Å². The third-order valence-corrected chi connectivity index (χ3v) is 6.86. The Labute approximate surface area is 162 Å². The lowest BCUT2D eigenvalue weighted by Gasteiger charge is -2.43. The molecule has 2 aliphatic heterocycles. The van der Waals surface area contributed by atoms with Crippen LogP contribution < -0.4 is 4.90 Å². The van der Waals surface area contributed by atoms with Crippen molar-refractivity contribution in [1.82, 2.24) is 9.80 Å². The first-order chi connectivity index (χ1) is 13.2. The lowest BCUT2D eigenvalue weighted by Crippen LogP contribution is -2.54. The molecule has 2 heterocycles. The minimum Gasteiger partial charge on any atom is -0.363 e. The molecular formula is C17H24F2N4O4S. The number of likely N-dealkylation sites (N-methyl/N-ethyl adjacent to an activating group) is 1. The van der Waals surface area contributed by atoms with Gasteiger partial charge < -0.3 is 9.80 Å². The van der Waals surface area contributed by atoms with Crippen molar-refractivity contribution in [3.63, 3.8) is 0 Å². The van der Waals surface area contributed by atoms with Crippen LogP contribution in [0.25, 0.3) is 0 Å². The summed E-state index contributed by atoms with van der Waals surface area (Å²) < 4.78 is 48.8. The van der Waals surface area contributed by atoms with Crippen LogP contribution in [0.4, 0.5) is 20.2 Å². The highest BCUT2D eigenvalue weighted by Gasteiger charge is 2.32. The summed E-state index contributed by atoms with van der Waals surface area (Å²) in [5.74, 6) is -3.62. The monoisotopic (exact) mass is 418 g/mol. The maximum Gasteiger partial charge on any atom is 0.341 e. The van der Waals surface area contributed by atoms with Crippen LogP contribution >= 0.6 is 0 Å². The van der Waals surface area contributed by atoms with Crippen LogP contribution in [-0.4, -0.2) is 81.3 Å². The second-order valence-corrected chi connectivity index (χ2v) is 9.21. The number of benzene rings is 1. The first-order valence-electron chi connectivity index (χ1n) is 9.18. The quantitative estimate of drug-likeness (QED) is 0.532. The van der Waals surface area contributed by atoms with E-state index in [0.717, 1.165) is 51.2 Å². The molecule has 0 aromatic heterocycles. The molecule has 2 fully saturated rings. The number of nitrogens with zero attached hydrogens (tertiary/aromatic N) is 4. The van der Waals surface area contributed by atoms with E-state index >= 15 is 0 Å². The highest BCUT2D eigenvalue weighted by atomic mass is 32.2. The zero-order chi connectivity index (χ0) is 20.5. The van der Waals surface area contributed by atoms with E-state index in [2.05, 4.69) is 16.8 Å². The number of hydrogen-bond donors (Lipinski definition) is 0. The number of piperidine rings is 1. The Morgan fingerprint density at radius 2 is 1.86 bits per heavy atom. The van der Waals surface area contributed by atoms with E-state index in [1.807, 2.05) is 4.90 Å². The fourth-order valence-electron chi connectivity index (χ4n) is 3.96. The first kappa shape index (κ1) is 20.9. The van der Waals surface area contributed by atoms with E-state index in [0.29, 0.717) is 19.1 Å². The summed E-state index contributed by atoms with van der Waals surface area (Å²) in [7, 11) is -2.78.